The molecule has 108 valence electrons. The molecule has 1 unspecified atom stereocenters. The molecule has 20 heavy (non-hydrogen) atoms. The summed E-state index contributed by atoms with van der Waals surface area (Å²) in [6, 6.07) is 2.30. The average molecular weight is 275 g/mol. The molecule has 1 heterocycles. The first-order valence-electron chi connectivity index (χ1n) is 6.76. The molecule has 0 radical (unpaired) electrons. The Morgan fingerprint density at radius 3 is 2.70 bits per heavy atom. The second kappa shape index (κ2) is 7.43. The Labute approximate surface area is 119 Å². The topological polar surface area (TPSA) is 90.7 Å². The maximum atomic E-state index is 11.6. The number of carbonyl (C=O) groups excluding carboxylic acids is 1. The molecule has 2 N–H and O–H groups in total. The number of hydrogen-bond acceptors (Lipinski definition) is 5. The molecule has 6 nitrogen and oxygen atoms in total. The molecule has 1 aromatic rings. The van der Waals surface area contributed by atoms with Crippen molar-refractivity contribution >= 4 is 11.7 Å². The molecule has 0 aliphatic carbocycles. The summed E-state index contributed by atoms with van der Waals surface area (Å²) in [5, 5.41) is 23.0. The first-order chi connectivity index (χ1) is 9.49. The molecule has 0 saturated carbocycles. The molecule has 1 rings (SSSR count). The number of amides is 1. The Kier molecular flexibility index (Phi) is 5.91. The Bertz CT molecular complexity index is 521. The summed E-state index contributed by atoms with van der Waals surface area (Å²) in [7, 11) is 0. The van der Waals surface area contributed by atoms with Crippen molar-refractivity contribution in [2.45, 2.75) is 46.6 Å². The maximum Gasteiger partial charge on any atom is 0.221 e. The van der Waals surface area contributed by atoms with Crippen molar-refractivity contribution < 1.29 is 4.79 Å². The van der Waals surface area contributed by atoms with Gasteiger partial charge < -0.3 is 10.6 Å². The molecule has 0 aliphatic rings. The van der Waals surface area contributed by atoms with Gasteiger partial charge in [0.15, 0.2) is 5.82 Å². The first-order valence-corrected chi connectivity index (χ1v) is 6.76. The number of aromatic nitrogens is 2. The largest absolute Gasteiger partial charge is 0.367 e. The van der Waals surface area contributed by atoms with E-state index in [4.69, 9.17) is 5.26 Å². The van der Waals surface area contributed by atoms with Crippen molar-refractivity contribution in [2.24, 2.45) is 0 Å². The lowest BCUT2D eigenvalue weighted by molar-refractivity contribution is -0.121. The molecule has 0 aliphatic heterocycles. The van der Waals surface area contributed by atoms with Gasteiger partial charge in [-0.05, 0) is 32.8 Å². The SMILES string of the molecule is CCC(C)NC(=O)CCNc1nnc(C)c(C)c1C#N. The molecule has 1 atom stereocenters. The number of nitrogens with one attached hydrogen (secondary N) is 2. The molecular weight excluding hydrogens is 254 g/mol. The number of nitriles is 1. The fourth-order valence-corrected chi connectivity index (χ4v) is 1.61. The predicted octanol–water partition coefficient (Wildman–Crippen LogP) is 1.68. The van der Waals surface area contributed by atoms with Gasteiger partial charge in [-0.3, -0.25) is 4.79 Å². The highest BCUT2D eigenvalue weighted by Crippen LogP contribution is 2.16. The number of aryl methyl sites for hydroxylation is 1. The minimum absolute atomic E-state index is 0.0119. The van der Waals surface area contributed by atoms with Crippen molar-refractivity contribution in [3.8, 4) is 6.07 Å². The molecular formula is C14H21N5O. The minimum atomic E-state index is -0.0119. The zero-order valence-electron chi connectivity index (χ0n) is 12.4. The van der Waals surface area contributed by atoms with E-state index in [-0.39, 0.29) is 11.9 Å². The summed E-state index contributed by atoms with van der Waals surface area (Å²) in [5.41, 5.74) is 2.04. The number of nitrogens with zero attached hydrogens (tertiary/aromatic N) is 3. The van der Waals surface area contributed by atoms with Gasteiger partial charge in [-0.1, -0.05) is 6.92 Å². The molecule has 0 bridgehead atoms. The second-order valence-electron chi connectivity index (χ2n) is 4.80. The van der Waals surface area contributed by atoms with Gasteiger partial charge in [0, 0.05) is 19.0 Å². The Morgan fingerprint density at radius 2 is 2.10 bits per heavy atom. The van der Waals surface area contributed by atoms with Crippen LogP contribution in [0.4, 0.5) is 5.82 Å². The normalized spacial score (nSPS) is 11.6. The summed E-state index contributed by atoms with van der Waals surface area (Å²) in [6.45, 7) is 8.06. The van der Waals surface area contributed by atoms with Gasteiger partial charge in [0.05, 0.1) is 5.69 Å². The van der Waals surface area contributed by atoms with Crippen LogP contribution >= 0.6 is 0 Å². The molecule has 0 fully saturated rings. The van der Waals surface area contributed by atoms with Gasteiger partial charge >= 0.3 is 0 Å². The van der Waals surface area contributed by atoms with Crippen molar-refractivity contribution in [3.63, 3.8) is 0 Å². The van der Waals surface area contributed by atoms with Gasteiger partial charge in [-0.2, -0.15) is 10.4 Å². The lowest BCUT2D eigenvalue weighted by atomic mass is 10.1. The van der Waals surface area contributed by atoms with E-state index in [2.05, 4.69) is 26.9 Å². The lowest BCUT2D eigenvalue weighted by Crippen LogP contribution is -2.33. The fraction of sp³-hybridized carbons (Fsp3) is 0.571. The van der Waals surface area contributed by atoms with E-state index in [1.807, 2.05) is 27.7 Å². The van der Waals surface area contributed by atoms with Crippen LogP contribution in [0.3, 0.4) is 0 Å². The van der Waals surface area contributed by atoms with Crippen LogP contribution in [-0.2, 0) is 4.79 Å². The Balaban J connectivity index is 2.57. The Morgan fingerprint density at radius 1 is 1.40 bits per heavy atom. The summed E-state index contributed by atoms with van der Waals surface area (Å²) in [4.78, 5) is 11.6. The monoisotopic (exact) mass is 275 g/mol. The zero-order chi connectivity index (χ0) is 15.1. The zero-order valence-corrected chi connectivity index (χ0v) is 12.4. The van der Waals surface area contributed by atoms with E-state index >= 15 is 0 Å². The van der Waals surface area contributed by atoms with E-state index in [0.717, 1.165) is 17.7 Å². The molecule has 1 aromatic heterocycles. The van der Waals surface area contributed by atoms with Crippen molar-refractivity contribution in [1.29, 1.82) is 5.26 Å². The van der Waals surface area contributed by atoms with Crippen LogP contribution in [0.5, 0.6) is 0 Å². The molecule has 0 spiro atoms. The number of carbonyl (C=O) groups is 1. The number of hydrogen-bond donors (Lipinski definition) is 2. The van der Waals surface area contributed by atoms with Crippen molar-refractivity contribution in [2.75, 3.05) is 11.9 Å². The third-order valence-corrected chi connectivity index (χ3v) is 3.23. The summed E-state index contributed by atoms with van der Waals surface area (Å²) < 4.78 is 0. The van der Waals surface area contributed by atoms with E-state index in [9.17, 15) is 4.79 Å². The number of rotatable bonds is 6. The van der Waals surface area contributed by atoms with Crippen LogP contribution in [0.1, 0.15) is 43.5 Å². The molecule has 1 amide bonds. The highest BCUT2D eigenvalue weighted by atomic mass is 16.1. The smallest absolute Gasteiger partial charge is 0.221 e. The van der Waals surface area contributed by atoms with Crippen LogP contribution in [0, 0.1) is 25.2 Å². The first kappa shape index (κ1) is 15.9. The van der Waals surface area contributed by atoms with E-state index in [0.29, 0.717) is 24.3 Å². The highest BCUT2D eigenvalue weighted by molar-refractivity contribution is 5.76. The quantitative estimate of drug-likeness (QED) is 0.824. The maximum absolute atomic E-state index is 11.6. The molecule has 0 saturated heterocycles. The van der Waals surface area contributed by atoms with E-state index < -0.39 is 0 Å². The van der Waals surface area contributed by atoms with Crippen LogP contribution in [0.15, 0.2) is 0 Å². The minimum Gasteiger partial charge on any atom is -0.367 e. The van der Waals surface area contributed by atoms with Crippen LogP contribution in [-0.4, -0.2) is 28.7 Å². The predicted molar refractivity (Wildman–Crippen MR) is 77.2 cm³/mol. The Hall–Kier alpha value is -2.16. The molecule has 6 heteroatoms. The lowest BCUT2D eigenvalue weighted by Gasteiger charge is -2.12. The van der Waals surface area contributed by atoms with E-state index in [1.54, 1.807) is 0 Å². The van der Waals surface area contributed by atoms with E-state index in [1.165, 1.54) is 0 Å². The third-order valence-electron chi connectivity index (χ3n) is 3.23. The van der Waals surface area contributed by atoms with Crippen LogP contribution < -0.4 is 10.6 Å². The van der Waals surface area contributed by atoms with Crippen LogP contribution in [0.2, 0.25) is 0 Å². The van der Waals surface area contributed by atoms with Gasteiger partial charge in [-0.15, -0.1) is 5.10 Å². The standard InChI is InChI=1S/C14H21N5O/c1-5-9(2)17-13(20)6-7-16-14-12(8-15)10(3)11(4)18-19-14/h9H,5-7H2,1-4H3,(H,16,19)(H,17,20). The molecule has 0 aromatic carbocycles. The van der Waals surface area contributed by atoms with Crippen molar-refractivity contribution in [1.82, 2.24) is 15.5 Å². The van der Waals surface area contributed by atoms with Gasteiger partial charge in [-0.25, -0.2) is 0 Å². The van der Waals surface area contributed by atoms with Crippen molar-refractivity contribution in [3.05, 3.63) is 16.8 Å². The van der Waals surface area contributed by atoms with Crippen LogP contribution in [0.25, 0.3) is 0 Å². The summed E-state index contributed by atoms with van der Waals surface area (Å²) >= 11 is 0. The highest BCUT2D eigenvalue weighted by Gasteiger charge is 2.11. The van der Waals surface area contributed by atoms with Gasteiger partial charge in [0.1, 0.15) is 11.6 Å². The summed E-state index contributed by atoms with van der Waals surface area (Å²) in [6.07, 6.45) is 1.24. The fourth-order valence-electron chi connectivity index (χ4n) is 1.61. The average Bonchev–Trinajstić information content (AvgIpc) is 2.42. The summed E-state index contributed by atoms with van der Waals surface area (Å²) in [5.74, 6) is 0.425. The number of anilines is 1. The third kappa shape index (κ3) is 4.19. The van der Waals surface area contributed by atoms with Gasteiger partial charge in [0.2, 0.25) is 5.91 Å². The van der Waals surface area contributed by atoms with Gasteiger partial charge in [0.25, 0.3) is 0 Å². The second-order valence-corrected chi connectivity index (χ2v) is 4.80.